The van der Waals surface area contributed by atoms with E-state index in [4.69, 9.17) is 5.14 Å². The number of sulfonamides is 1. The highest BCUT2D eigenvalue weighted by Crippen LogP contribution is 2.64. The molecule has 3 fully saturated rings. The van der Waals surface area contributed by atoms with Crippen molar-refractivity contribution < 1.29 is 17.6 Å². The summed E-state index contributed by atoms with van der Waals surface area (Å²) in [7, 11) is -3.87. The van der Waals surface area contributed by atoms with Crippen molar-refractivity contribution in [3.05, 3.63) is 53.8 Å². The van der Waals surface area contributed by atoms with Crippen LogP contribution in [0.1, 0.15) is 18.9 Å². The summed E-state index contributed by atoms with van der Waals surface area (Å²) in [6.07, 6.45) is 1.05. The average molecular weight is 469 g/mol. The number of carbonyl (C=O) groups is 1. The predicted octanol–water partition coefficient (Wildman–Crippen LogP) is 1.93. The van der Waals surface area contributed by atoms with Crippen molar-refractivity contribution in [3.63, 3.8) is 0 Å². The highest BCUT2D eigenvalue weighted by molar-refractivity contribution is 7.89. The zero-order valence-corrected chi connectivity index (χ0v) is 18.8. The number of hydrogen-bond donors (Lipinski definition) is 3. The molecule has 2 aliphatic carbocycles. The minimum atomic E-state index is -3.87. The summed E-state index contributed by atoms with van der Waals surface area (Å²) < 4.78 is 38.0. The smallest absolute Gasteiger partial charge is 0.238 e. The topological polar surface area (TPSA) is 125 Å². The summed E-state index contributed by atoms with van der Waals surface area (Å²) in [6.45, 7) is 2.23. The van der Waals surface area contributed by atoms with Crippen LogP contribution < -0.4 is 15.8 Å². The second kappa shape index (κ2) is 7.90. The van der Waals surface area contributed by atoms with E-state index in [0.717, 1.165) is 6.42 Å². The van der Waals surface area contributed by atoms with Gasteiger partial charge >= 0.3 is 0 Å². The van der Waals surface area contributed by atoms with Crippen LogP contribution in [0.15, 0.2) is 47.4 Å². The standard InChI is InChI=1S/C24H25FN4O3S/c1-12-21-18-10-20(22(12)21)29-23(18)24(30)28-16(11-26)7-15-6-5-14(9-19(15)25)13-3-2-4-17(8-13)33(27,31)32/h2-6,8-9,12,16,18,20-23,29H,7,10H2,1H3,(H,28,30)(H2,27,31,32). The minimum absolute atomic E-state index is 0.0366. The number of nitriles is 1. The SMILES string of the molecule is CC1C2C3CC(C(C(=O)NC(C#N)Cc4ccc(-c5cccc(S(N)(=O)=O)c5)cc4F)N3)C12. The molecule has 5 rings (SSSR count). The maximum Gasteiger partial charge on any atom is 0.238 e. The van der Waals surface area contributed by atoms with Crippen molar-refractivity contribution in [2.75, 3.05) is 0 Å². The number of nitrogens with one attached hydrogen (secondary N) is 2. The van der Waals surface area contributed by atoms with E-state index in [1.54, 1.807) is 18.2 Å². The van der Waals surface area contributed by atoms with Crippen LogP contribution in [0.25, 0.3) is 11.1 Å². The summed E-state index contributed by atoms with van der Waals surface area (Å²) in [5, 5.41) is 20.9. The molecule has 4 N–H and O–H groups in total. The molecule has 33 heavy (non-hydrogen) atoms. The van der Waals surface area contributed by atoms with Crippen LogP contribution in [0.2, 0.25) is 0 Å². The van der Waals surface area contributed by atoms with Gasteiger partial charge in [0.15, 0.2) is 0 Å². The van der Waals surface area contributed by atoms with Crippen LogP contribution in [0.4, 0.5) is 4.39 Å². The van der Waals surface area contributed by atoms with Crippen molar-refractivity contribution >= 4 is 15.9 Å². The van der Waals surface area contributed by atoms with Gasteiger partial charge in [-0.1, -0.05) is 31.2 Å². The predicted molar refractivity (Wildman–Crippen MR) is 119 cm³/mol. The summed E-state index contributed by atoms with van der Waals surface area (Å²) in [5.41, 5.74) is 1.29. The Balaban J connectivity index is 1.27. The Bertz CT molecular complexity index is 1270. The van der Waals surface area contributed by atoms with Gasteiger partial charge in [0.25, 0.3) is 0 Å². The van der Waals surface area contributed by atoms with Crippen molar-refractivity contribution in [1.29, 1.82) is 5.26 Å². The number of hydrogen-bond acceptors (Lipinski definition) is 5. The Labute approximate surface area is 192 Å². The molecule has 2 saturated carbocycles. The van der Waals surface area contributed by atoms with Crippen molar-refractivity contribution in [2.45, 2.75) is 42.8 Å². The van der Waals surface area contributed by atoms with Gasteiger partial charge in [0.1, 0.15) is 11.9 Å². The van der Waals surface area contributed by atoms with Crippen LogP contribution in [0.3, 0.4) is 0 Å². The van der Waals surface area contributed by atoms with Crippen LogP contribution >= 0.6 is 0 Å². The van der Waals surface area contributed by atoms with Crippen molar-refractivity contribution in [3.8, 4) is 17.2 Å². The number of nitrogens with zero attached hydrogens (tertiary/aromatic N) is 1. The van der Waals surface area contributed by atoms with Crippen LogP contribution in [-0.4, -0.2) is 32.5 Å². The molecule has 0 radical (unpaired) electrons. The number of primary sulfonamides is 1. The first-order valence-corrected chi connectivity index (χ1v) is 12.6. The molecule has 1 heterocycles. The Morgan fingerprint density at radius 2 is 2.03 bits per heavy atom. The molecule has 7 unspecified atom stereocenters. The number of nitrogens with two attached hydrogens (primary N) is 1. The normalized spacial score (nSPS) is 30.4. The lowest BCUT2D eigenvalue weighted by atomic mass is 9.94. The van der Waals surface area contributed by atoms with E-state index in [9.17, 15) is 22.9 Å². The number of benzene rings is 2. The molecule has 1 saturated heterocycles. The fourth-order valence-corrected chi connectivity index (χ4v) is 6.52. The largest absolute Gasteiger partial charge is 0.339 e. The number of carbonyl (C=O) groups excluding carboxylic acids is 1. The third kappa shape index (κ3) is 3.92. The molecule has 7 atom stereocenters. The van der Waals surface area contributed by atoms with Crippen LogP contribution in [-0.2, 0) is 21.2 Å². The van der Waals surface area contributed by atoms with Gasteiger partial charge in [0.2, 0.25) is 15.9 Å². The minimum Gasteiger partial charge on any atom is -0.339 e. The quantitative estimate of drug-likeness (QED) is 0.597. The molecule has 9 heteroatoms. The van der Waals surface area contributed by atoms with Crippen molar-refractivity contribution in [2.24, 2.45) is 28.8 Å². The van der Waals surface area contributed by atoms with Gasteiger partial charge in [-0.15, -0.1) is 0 Å². The second-order valence-corrected chi connectivity index (χ2v) is 11.0. The van der Waals surface area contributed by atoms with Gasteiger partial charge in [-0.25, -0.2) is 17.9 Å². The van der Waals surface area contributed by atoms with Gasteiger partial charge in [0, 0.05) is 12.5 Å². The molecule has 0 spiro atoms. The first-order chi connectivity index (χ1) is 15.7. The third-order valence-electron chi connectivity index (χ3n) is 7.55. The monoisotopic (exact) mass is 468 g/mol. The molecule has 7 nitrogen and oxygen atoms in total. The van der Waals surface area contributed by atoms with Gasteiger partial charge in [0.05, 0.1) is 17.0 Å². The molecule has 0 aromatic heterocycles. The summed E-state index contributed by atoms with van der Waals surface area (Å²) in [5.74, 6) is 1.54. The van der Waals surface area contributed by atoms with E-state index in [1.807, 2.05) is 0 Å². The van der Waals surface area contributed by atoms with E-state index >= 15 is 0 Å². The lowest BCUT2D eigenvalue weighted by Crippen LogP contribution is -2.51. The molecule has 1 amide bonds. The first-order valence-electron chi connectivity index (χ1n) is 11.0. The summed E-state index contributed by atoms with van der Waals surface area (Å²) >= 11 is 0. The number of piperidine rings is 1. The first kappa shape index (κ1) is 22.0. The van der Waals surface area contributed by atoms with Crippen molar-refractivity contribution in [1.82, 2.24) is 10.6 Å². The Morgan fingerprint density at radius 3 is 2.70 bits per heavy atom. The molecule has 2 aromatic rings. The lowest BCUT2D eigenvalue weighted by Gasteiger charge is -2.23. The molecule has 2 bridgehead atoms. The summed E-state index contributed by atoms with van der Waals surface area (Å²) in [4.78, 5) is 12.8. The zero-order valence-electron chi connectivity index (χ0n) is 18.0. The van der Waals surface area contributed by atoms with E-state index in [2.05, 4.69) is 23.6 Å². The second-order valence-electron chi connectivity index (χ2n) is 9.44. The highest BCUT2D eigenvalue weighted by Gasteiger charge is 2.67. The number of fused-ring (bicyclic) bond motifs is 5. The molecular weight excluding hydrogens is 443 g/mol. The number of rotatable bonds is 6. The Morgan fingerprint density at radius 1 is 1.27 bits per heavy atom. The van der Waals surface area contributed by atoms with Crippen LogP contribution in [0.5, 0.6) is 0 Å². The molecule has 3 aliphatic rings. The van der Waals surface area contributed by atoms with Crippen LogP contribution in [0, 0.1) is 40.8 Å². The van der Waals surface area contributed by atoms with Gasteiger partial charge in [-0.2, -0.15) is 5.26 Å². The molecule has 172 valence electrons. The maximum atomic E-state index is 14.9. The van der Waals surface area contributed by atoms with Gasteiger partial charge in [-0.05, 0) is 65.0 Å². The third-order valence-corrected chi connectivity index (χ3v) is 8.46. The maximum absolute atomic E-state index is 14.9. The Kier molecular flexibility index (Phi) is 5.27. The molecular formula is C24H25FN4O3S. The van der Waals surface area contributed by atoms with E-state index in [0.29, 0.717) is 46.4 Å². The van der Waals surface area contributed by atoms with E-state index < -0.39 is 21.9 Å². The van der Waals surface area contributed by atoms with Gasteiger partial charge < -0.3 is 10.6 Å². The van der Waals surface area contributed by atoms with E-state index in [-0.39, 0.29) is 23.3 Å². The molecule has 2 aromatic carbocycles. The number of halogens is 1. The van der Waals surface area contributed by atoms with Gasteiger partial charge in [-0.3, -0.25) is 4.79 Å². The zero-order chi connectivity index (χ0) is 23.5. The lowest BCUT2D eigenvalue weighted by molar-refractivity contribution is -0.124. The molecule has 1 aliphatic heterocycles. The average Bonchev–Trinajstić information content (AvgIpc) is 3.13. The fraction of sp³-hybridized carbons (Fsp3) is 0.417. The fourth-order valence-electron chi connectivity index (χ4n) is 5.96. The summed E-state index contributed by atoms with van der Waals surface area (Å²) in [6, 6.07) is 11.8. The number of amides is 1. The highest BCUT2D eigenvalue weighted by atomic mass is 32.2. The van der Waals surface area contributed by atoms with E-state index in [1.165, 1.54) is 24.3 Å². The Hall–Kier alpha value is -2.80.